The second kappa shape index (κ2) is 8.16. The van der Waals surface area contributed by atoms with E-state index in [9.17, 15) is 8.42 Å². The lowest BCUT2D eigenvalue weighted by atomic mass is 10.1. The first kappa shape index (κ1) is 20.7. The number of hydrogen-bond donors (Lipinski definition) is 0. The third-order valence-electron chi connectivity index (χ3n) is 4.55. The molecule has 0 saturated carbocycles. The highest BCUT2D eigenvalue weighted by Crippen LogP contribution is 2.31. The molecule has 0 aliphatic heterocycles. The lowest BCUT2D eigenvalue weighted by Gasteiger charge is -2.27. The summed E-state index contributed by atoms with van der Waals surface area (Å²) in [4.78, 5) is 0.249. The van der Waals surface area contributed by atoms with Crippen LogP contribution in [0.3, 0.4) is 0 Å². The van der Waals surface area contributed by atoms with Crippen LogP contribution in [0.15, 0.2) is 65.6 Å². The van der Waals surface area contributed by atoms with Crippen molar-refractivity contribution in [3.8, 4) is 0 Å². The van der Waals surface area contributed by atoms with Gasteiger partial charge < -0.3 is 0 Å². The molecule has 0 N–H and O–H groups in total. The average molecular weight is 434 g/mol. The summed E-state index contributed by atoms with van der Waals surface area (Å²) in [6.45, 7) is 5.92. The van der Waals surface area contributed by atoms with E-state index in [1.165, 1.54) is 4.31 Å². The Labute approximate surface area is 176 Å². The number of sulfonamides is 1. The van der Waals surface area contributed by atoms with E-state index >= 15 is 0 Å². The molecule has 0 radical (unpaired) electrons. The summed E-state index contributed by atoms with van der Waals surface area (Å²) >= 11 is 12.2. The van der Waals surface area contributed by atoms with Crippen LogP contribution in [0.25, 0.3) is 0 Å². The smallest absolute Gasteiger partial charge is 0.262 e. The van der Waals surface area contributed by atoms with Crippen LogP contribution in [0, 0.1) is 20.8 Å². The number of benzene rings is 3. The van der Waals surface area contributed by atoms with Gasteiger partial charge in [0.2, 0.25) is 0 Å². The summed E-state index contributed by atoms with van der Waals surface area (Å²) in [6, 6.07) is 17.8. The van der Waals surface area contributed by atoms with Gasteiger partial charge in [0.1, 0.15) is 0 Å². The van der Waals surface area contributed by atoms with Gasteiger partial charge in [0.05, 0.1) is 27.2 Å². The maximum Gasteiger partial charge on any atom is 0.264 e. The lowest BCUT2D eigenvalue weighted by molar-refractivity contribution is 0.590. The van der Waals surface area contributed by atoms with E-state index in [4.69, 9.17) is 23.2 Å². The van der Waals surface area contributed by atoms with Gasteiger partial charge in [-0.3, -0.25) is 4.31 Å². The molecule has 0 saturated heterocycles. The molecule has 28 heavy (non-hydrogen) atoms. The van der Waals surface area contributed by atoms with Crippen molar-refractivity contribution in [3.05, 3.63) is 93.0 Å². The van der Waals surface area contributed by atoms with E-state index in [-0.39, 0.29) is 11.4 Å². The molecule has 3 aromatic carbocycles. The Balaban J connectivity index is 2.14. The number of hydrogen-bond acceptors (Lipinski definition) is 2. The molecule has 3 rings (SSSR count). The summed E-state index contributed by atoms with van der Waals surface area (Å²) in [5.41, 5.74) is 4.26. The summed E-state index contributed by atoms with van der Waals surface area (Å²) in [5.74, 6) is 0. The molecule has 0 unspecified atom stereocenters. The number of nitrogens with zero attached hydrogens (tertiary/aromatic N) is 1. The number of rotatable bonds is 5. The first-order valence-electron chi connectivity index (χ1n) is 8.79. The molecular formula is C22H21Cl2NO2S. The fourth-order valence-corrected chi connectivity index (χ4v) is 4.76. The van der Waals surface area contributed by atoms with Crippen LogP contribution in [0.1, 0.15) is 22.3 Å². The van der Waals surface area contributed by atoms with Crippen LogP contribution in [0.4, 0.5) is 5.69 Å². The van der Waals surface area contributed by atoms with E-state index in [2.05, 4.69) is 0 Å². The highest BCUT2D eigenvalue weighted by Gasteiger charge is 2.26. The molecule has 0 aliphatic carbocycles. The molecule has 3 aromatic rings. The van der Waals surface area contributed by atoms with E-state index in [1.54, 1.807) is 42.5 Å². The van der Waals surface area contributed by atoms with Crippen LogP contribution >= 0.6 is 23.2 Å². The molecule has 146 valence electrons. The minimum absolute atomic E-state index is 0.150. The van der Waals surface area contributed by atoms with Gasteiger partial charge in [-0.1, -0.05) is 59.1 Å². The standard InChI is InChI=1S/C22H21Cl2NO2S/c1-15-5-9-19(10-6-15)28(26,27)25(22-12-16(2)4-7-17(22)3)14-18-8-11-20(23)21(24)13-18/h4-13H,14H2,1-3H3. The Morgan fingerprint density at radius 3 is 2.07 bits per heavy atom. The van der Waals surface area contributed by atoms with Crippen molar-refractivity contribution in [3.63, 3.8) is 0 Å². The molecule has 0 bridgehead atoms. The molecule has 0 heterocycles. The van der Waals surface area contributed by atoms with Gasteiger partial charge in [-0.2, -0.15) is 0 Å². The van der Waals surface area contributed by atoms with Gasteiger partial charge in [-0.05, 0) is 67.8 Å². The van der Waals surface area contributed by atoms with Crippen molar-refractivity contribution in [2.75, 3.05) is 4.31 Å². The second-order valence-electron chi connectivity index (χ2n) is 6.86. The third kappa shape index (κ3) is 4.35. The van der Waals surface area contributed by atoms with Crippen LogP contribution in [0.2, 0.25) is 10.0 Å². The lowest BCUT2D eigenvalue weighted by Crippen LogP contribution is -2.31. The number of anilines is 1. The summed E-state index contributed by atoms with van der Waals surface area (Å²) < 4.78 is 28.5. The maximum atomic E-state index is 13.5. The van der Waals surface area contributed by atoms with E-state index < -0.39 is 10.0 Å². The largest absolute Gasteiger partial charge is 0.264 e. The zero-order valence-electron chi connectivity index (χ0n) is 15.9. The second-order valence-corrected chi connectivity index (χ2v) is 9.54. The number of aryl methyl sites for hydroxylation is 3. The van der Waals surface area contributed by atoms with E-state index in [0.29, 0.717) is 15.7 Å². The molecular weight excluding hydrogens is 413 g/mol. The Morgan fingerprint density at radius 1 is 0.786 bits per heavy atom. The Morgan fingerprint density at radius 2 is 1.43 bits per heavy atom. The summed E-state index contributed by atoms with van der Waals surface area (Å²) in [7, 11) is -3.77. The predicted octanol–water partition coefficient (Wildman–Crippen LogP) is 6.31. The van der Waals surface area contributed by atoms with Crippen LogP contribution in [-0.4, -0.2) is 8.42 Å². The molecule has 0 spiro atoms. The summed E-state index contributed by atoms with van der Waals surface area (Å²) in [6.07, 6.45) is 0. The minimum Gasteiger partial charge on any atom is -0.262 e. The highest BCUT2D eigenvalue weighted by atomic mass is 35.5. The Hall–Kier alpha value is -2.01. The van der Waals surface area contributed by atoms with Gasteiger partial charge in [0.25, 0.3) is 10.0 Å². The fraction of sp³-hybridized carbons (Fsp3) is 0.182. The number of halogens is 2. The SMILES string of the molecule is Cc1ccc(S(=O)(=O)N(Cc2ccc(Cl)c(Cl)c2)c2cc(C)ccc2C)cc1. The first-order chi connectivity index (χ1) is 13.2. The Bertz CT molecular complexity index is 1110. The van der Waals surface area contributed by atoms with Crippen LogP contribution in [-0.2, 0) is 16.6 Å². The Kier molecular flexibility index (Phi) is 6.04. The monoisotopic (exact) mass is 433 g/mol. The van der Waals surface area contributed by atoms with Crippen molar-refractivity contribution in [1.82, 2.24) is 0 Å². The predicted molar refractivity (Wildman–Crippen MR) is 117 cm³/mol. The maximum absolute atomic E-state index is 13.5. The van der Waals surface area contributed by atoms with Gasteiger partial charge in [-0.15, -0.1) is 0 Å². The van der Waals surface area contributed by atoms with Crippen molar-refractivity contribution in [2.24, 2.45) is 0 Å². The fourth-order valence-electron chi connectivity index (χ4n) is 2.93. The van der Waals surface area contributed by atoms with E-state index in [0.717, 1.165) is 22.3 Å². The molecule has 3 nitrogen and oxygen atoms in total. The van der Waals surface area contributed by atoms with Gasteiger partial charge in [0, 0.05) is 0 Å². The normalized spacial score (nSPS) is 11.5. The molecule has 0 aliphatic rings. The van der Waals surface area contributed by atoms with Gasteiger partial charge in [-0.25, -0.2) is 8.42 Å². The van der Waals surface area contributed by atoms with Gasteiger partial charge in [0.15, 0.2) is 0 Å². The topological polar surface area (TPSA) is 37.4 Å². The van der Waals surface area contributed by atoms with Crippen LogP contribution < -0.4 is 4.31 Å². The molecule has 6 heteroatoms. The van der Waals surface area contributed by atoms with Crippen molar-refractivity contribution >= 4 is 38.9 Å². The summed E-state index contributed by atoms with van der Waals surface area (Å²) in [5, 5.41) is 0.831. The molecule has 0 amide bonds. The third-order valence-corrected chi connectivity index (χ3v) is 7.07. The van der Waals surface area contributed by atoms with Crippen molar-refractivity contribution < 1.29 is 8.42 Å². The van der Waals surface area contributed by atoms with E-state index in [1.807, 2.05) is 39.0 Å². The quantitative estimate of drug-likeness (QED) is 0.472. The molecule has 0 aromatic heterocycles. The first-order valence-corrected chi connectivity index (χ1v) is 11.0. The van der Waals surface area contributed by atoms with Crippen LogP contribution in [0.5, 0.6) is 0 Å². The minimum atomic E-state index is -3.77. The zero-order valence-corrected chi connectivity index (χ0v) is 18.2. The average Bonchev–Trinajstić information content (AvgIpc) is 2.65. The highest BCUT2D eigenvalue weighted by molar-refractivity contribution is 7.92. The molecule has 0 atom stereocenters. The van der Waals surface area contributed by atoms with Gasteiger partial charge >= 0.3 is 0 Å². The van der Waals surface area contributed by atoms with Crippen molar-refractivity contribution in [1.29, 1.82) is 0 Å². The molecule has 0 fully saturated rings. The van der Waals surface area contributed by atoms with Crippen molar-refractivity contribution in [2.45, 2.75) is 32.2 Å². The zero-order chi connectivity index (χ0) is 20.5.